The third kappa shape index (κ3) is 3.45. The molecule has 1 fully saturated rings. The molecule has 148 valence electrons. The Labute approximate surface area is 153 Å². The van der Waals surface area contributed by atoms with Crippen molar-refractivity contribution in [3.8, 4) is 17.2 Å². The summed E-state index contributed by atoms with van der Waals surface area (Å²) < 4.78 is 26.7. The standard InChI is InChI=1S/C17H20O10/c1-23-9-5-8-7(3-4-11(19)25-8)15(16(9)24-2)27-17-14(22)13(21)12(20)10(6-18)26-17/h3-5,10,12-14,17-18,20-22H,6H2,1-2H3. The molecule has 5 atom stereocenters. The van der Waals surface area contributed by atoms with Gasteiger partial charge >= 0.3 is 5.63 Å². The maximum absolute atomic E-state index is 11.5. The van der Waals surface area contributed by atoms with Gasteiger partial charge in [-0.2, -0.15) is 0 Å². The van der Waals surface area contributed by atoms with Crippen molar-refractivity contribution in [2.75, 3.05) is 20.8 Å². The van der Waals surface area contributed by atoms with Gasteiger partial charge in [-0.1, -0.05) is 0 Å². The summed E-state index contributed by atoms with van der Waals surface area (Å²) in [7, 11) is 2.74. The summed E-state index contributed by atoms with van der Waals surface area (Å²) in [4.78, 5) is 11.5. The van der Waals surface area contributed by atoms with Crippen LogP contribution in [0.2, 0.25) is 0 Å². The van der Waals surface area contributed by atoms with Crippen molar-refractivity contribution in [2.24, 2.45) is 0 Å². The first kappa shape index (κ1) is 19.4. The third-order valence-corrected chi connectivity index (χ3v) is 4.31. The second kappa shape index (κ2) is 7.71. The lowest BCUT2D eigenvalue weighted by Gasteiger charge is -2.39. The van der Waals surface area contributed by atoms with Gasteiger partial charge in [-0.3, -0.25) is 0 Å². The Morgan fingerprint density at radius 3 is 2.41 bits per heavy atom. The first-order chi connectivity index (χ1) is 12.9. The molecule has 0 aliphatic carbocycles. The van der Waals surface area contributed by atoms with Gasteiger partial charge < -0.3 is 43.8 Å². The second-order valence-corrected chi connectivity index (χ2v) is 5.92. The summed E-state index contributed by atoms with van der Waals surface area (Å²) in [6, 6.07) is 4.05. The van der Waals surface area contributed by atoms with Gasteiger partial charge in [-0.05, 0) is 6.07 Å². The van der Waals surface area contributed by atoms with E-state index in [9.17, 15) is 25.2 Å². The Balaban J connectivity index is 2.08. The summed E-state index contributed by atoms with van der Waals surface area (Å²) in [6.45, 7) is -0.602. The van der Waals surface area contributed by atoms with Crippen molar-refractivity contribution >= 4 is 11.0 Å². The van der Waals surface area contributed by atoms with E-state index in [1.165, 1.54) is 32.4 Å². The lowest BCUT2D eigenvalue weighted by atomic mass is 9.99. The van der Waals surface area contributed by atoms with Gasteiger partial charge in [0, 0.05) is 12.1 Å². The van der Waals surface area contributed by atoms with E-state index in [1.807, 2.05) is 0 Å². The number of methoxy groups -OCH3 is 2. The predicted molar refractivity (Wildman–Crippen MR) is 90.0 cm³/mol. The van der Waals surface area contributed by atoms with E-state index in [0.717, 1.165) is 0 Å². The molecule has 1 aliphatic rings. The van der Waals surface area contributed by atoms with Gasteiger partial charge in [-0.15, -0.1) is 0 Å². The zero-order valence-electron chi connectivity index (χ0n) is 14.6. The molecule has 0 saturated carbocycles. The normalized spacial score (nSPS) is 28.1. The van der Waals surface area contributed by atoms with Crippen molar-refractivity contribution in [3.63, 3.8) is 0 Å². The van der Waals surface area contributed by atoms with E-state index < -0.39 is 42.9 Å². The average molecular weight is 384 g/mol. The molecule has 1 aromatic heterocycles. The minimum atomic E-state index is -1.62. The van der Waals surface area contributed by atoms with Gasteiger partial charge in [0.05, 0.1) is 26.2 Å². The molecule has 0 amide bonds. The Hall–Kier alpha value is -2.37. The molecular formula is C17H20O10. The number of ether oxygens (including phenoxy) is 4. The van der Waals surface area contributed by atoms with Crippen molar-refractivity contribution in [1.82, 2.24) is 0 Å². The number of hydrogen-bond acceptors (Lipinski definition) is 10. The van der Waals surface area contributed by atoms with E-state index >= 15 is 0 Å². The molecular weight excluding hydrogens is 364 g/mol. The van der Waals surface area contributed by atoms with Crippen LogP contribution in [0.25, 0.3) is 11.0 Å². The summed E-state index contributed by atoms with van der Waals surface area (Å²) >= 11 is 0. The fraction of sp³-hybridized carbons (Fsp3) is 0.471. The summed E-state index contributed by atoms with van der Waals surface area (Å²) in [5.74, 6) is 0.356. The SMILES string of the molecule is COc1cc2oc(=O)ccc2c(OC2OC(CO)C(O)C(O)C2O)c1OC. The quantitative estimate of drug-likeness (QED) is 0.473. The van der Waals surface area contributed by atoms with Crippen molar-refractivity contribution in [1.29, 1.82) is 0 Å². The number of aliphatic hydroxyl groups excluding tert-OH is 4. The van der Waals surface area contributed by atoms with E-state index in [0.29, 0.717) is 5.39 Å². The molecule has 0 bridgehead atoms. The van der Waals surface area contributed by atoms with Gasteiger partial charge in [0.1, 0.15) is 30.0 Å². The molecule has 10 nitrogen and oxygen atoms in total. The summed E-state index contributed by atoms with van der Waals surface area (Å²) in [6.07, 6.45) is -7.34. The minimum absolute atomic E-state index is 0.0277. The topological polar surface area (TPSA) is 148 Å². The average Bonchev–Trinajstić information content (AvgIpc) is 2.67. The van der Waals surface area contributed by atoms with E-state index in [-0.39, 0.29) is 22.8 Å². The van der Waals surface area contributed by atoms with Crippen molar-refractivity contribution < 1.29 is 43.8 Å². The molecule has 27 heavy (non-hydrogen) atoms. The molecule has 4 N–H and O–H groups in total. The molecule has 1 saturated heterocycles. The number of aliphatic hydroxyl groups is 4. The highest BCUT2D eigenvalue weighted by Gasteiger charge is 2.45. The Bertz CT molecular complexity index is 861. The largest absolute Gasteiger partial charge is 0.493 e. The molecule has 0 radical (unpaired) electrons. The fourth-order valence-corrected chi connectivity index (χ4v) is 2.89. The lowest BCUT2D eigenvalue weighted by Crippen LogP contribution is -2.60. The van der Waals surface area contributed by atoms with E-state index in [1.54, 1.807) is 0 Å². The predicted octanol–water partition coefficient (Wildman–Crippen LogP) is -1.01. The van der Waals surface area contributed by atoms with Gasteiger partial charge in [0.15, 0.2) is 11.5 Å². The fourth-order valence-electron chi connectivity index (χ4n) is 2.89. The highest BCUT2D eigenvalue weighted by atomic mass is 16.7. The molecule has 2 aromatic rings. The van der Waals surface area contributed by atoms with Crippen LogP contribution in [0.5, 0.6) is 17.2 Å². The highest BCUT2D eigenvalue weighted by molar-refractivity contribution is 5.89. The lowest BCUT2D eigenvalue weighted by molar-refractivity contribution is -0.277. The first-order valence-electron chi connectivity index (χ1n) is 8.07. The zero-order chi connectivity index (χ0) is 19.7. The van der Waals surface area contributed by atoms with Crippen LogP contribution in [-0.2, 0) is 4.74 Å². The van der Waals surface area contributed by atoms with E-state index in [4.69, 9.17) is 23.4 Å². The molecule has 1 aromatic carbocycles. The van der Waals surface area contributed by atoms with Gasteiger partial charge in [0.2, 0.25) is 12.0 Å². The molecule has 0 spiro atoms. The molecule has 3 rings (SSSR count). The highest BCUT2D eigenvalue weighted by Crippen LogP contribution is 2.44. The van der Waals surface area contributed by atoms with Crippen LogP contribution in [-0.4, -0.2) is 72.0 Å². The van der Waals surface area contributed by atoms with Gasteiger partial charge in [0.25, 0.3) is 0 Å². The van der Waals surface area contributed by atoms with Gasteiger partial charge in [-0.25, -0.2) is 4.79 Å². The van der Waals surface area contributed by atoms with Crippen LogP contribution in [0.3, 0.4) is 0 Å². The van der Waals surface area contributed by atoms with Crippen LogP contribution in [0.15, 0.2) is 27.4 Å². The Kier molecular flexibility index (Phi) is 5.53. The third-order valence-electron chi connectivity index (χ3n) is 4.31. The van der Waals surface area contributed by atoms with Crippen LogP contribution >= 0.6 is 0 Å². The maximum Gasteiger partial charge on any atom is 0.336 e. The van der Waals surface area contributed by atoms with Crippen LogP contribution in [0.1, 0.15) is 0 Å². The summed E-state index contributed by atoms with van der Waals surface area (Å²) in [5.41, 5.74) is -0.451. The number of rotatable bonds is 5. The van der Waals surface area contributed by atoms with Crippen LogP contribution in [0.4, 0.5) is 0 Å². The smallest absolute Gasteiger partial charge is 0.336 e. The molecule has 10 heteroatoms. The molecule has 1 aliphatic heterocycles. The summed E-state index contributed by atoms with van der Waals surface area (Å²) in [5, 5.41) is 39.7. The van der Waals surface area contributed by atoms with Crippen LogP contribution in [0, 0.1) is 0 Å². The maximum atomic E-state index is 11.5. The second-order valence-electron chi connectivity index (χ2n) is 5.92. The monoisotopic (exact) mass is 384 g/mol. The zero-order valence-corrected chi connectivity index (χ0v) is 14.6. The number of hydrogen-bond donors (Lipinski definition) is 4. The van der Waals surface area contributed by atoms with Crippen LogP contribution < -0.4 is 19.8 Å². The molecule has 5 unspecified atom stereocenters. The van der Waals surface area contributed by atoms with Crippen molar-refractivity contribution in [3.05, 3.63) is 28.6 Å². The van der Waals surface area contributed by atoms with Crippen molar-refractivity contribution in [2.45, 2.75) is 30.7 Å². The number of benzene rings is 1. The Morgan fingerprint density at radius 2 is 1.78 bits per heavy atom. The van der Waals surface area contributed by atoms with E-state index in [2.05, 4.69) is 0 Å². The first-order valence-corrected chi connectivity index (χ1v) is 8.07. The molecule has 2 heterocycles. The number of fused-ring (bicyclic) bond motifs is 1. The Morgan fingerprint density at radius 1 is 1.04 bits per heavy atom. The minimum Gasteiger partial charge on any atom is -0.493 e.